The Kier molecular flexibility index (Phi) is 4.38. The number of hydrogen-bond donors (Lipinski definition) is 1. The molecule has 0 saturated carbocycles. The van der Waals surface area contributed by atoms with Crippen LogP contribution in [0.2, 0.25) is 0 Å². The molecular formula is C15H20BrN3O. The van der Waals surface area contributed by atoms with Crippen molar-refractivity contribution < 1.29 is 0 Å². The molecule has 0 bridgehead atoms. The summed E-state index contributed by atoms with van der Waals surface area (Å²) in [6.45, 7) is 4.77. The van der Waals surface area contributed by atoms with Crippen molar-refractivity contribution in [1.29, 1.82) is 0 Å². The lowest BCUT2D eigenvalue weighted by atomic mass is 10.1. The Morgan fingerprint density at radius 1 is 1.25 bits per heavy atom. The normalized spacial score (nSPS) is 11.2. The zero-order valence-corrected chi connectivity index (χ0v) is 13.6. The largest absolute Gasteiger partial charge is 0.393 e. The Bertz CT molecular complexity index is 653. The first-order chi connectivity index (χ1) is 9.40. The third-order valence-electron chi connectivity index (χ3n) is 3.38. The van der Waals surface area contributed by atoms with E-state index in [1.165, 1.54) is 0 Å². The van der Waals surface area contributed by atoms with Crippen molar-refractivity contribution in [2.24, 2.45) is 13.0 Å². The van der Waals surface area contributed by atoms with Crippen LogP contribution in [0.3, 0.4) is 0 Å². The van der Waals surface area contributed by atoms with E-state index in [4.69, 9.17) is 5.73 Å². The van der Waals surface area contributed by atoms with E-state index in [0.717, 1.165) is 22.2 Å². The Morgan fingerprint density at radius 2 is 1.85 bits per heavy atom. The minimum Gasteiger partial charge on any atom is -0.393 e. The lowest BCUT2D eigenvalue weighted by Crippen LogP contribution is -2.23. The summed E-state index contributed by atoms with van der Waals surface area (Å²) in [6, 6.07) is 7.95. The molecule has 0 unspecified atom stereocenters. The van der Waals surface area contributed by atoms with Gasteiger partial charge in [0, 0.05) is 11.5 Å². The molecular weight excluding hydrogens is 318 g/mol. The molecule has 2 N–H and O–H groups in total. The van der Waals surface area contributed by atoms with Crippen molar-refractivity contribution in [1.82, 2.24) is 9.36 Å². The van der Waals surface area contributed by atoms with Gasteiger partial charge in [0.2, 0.25) is 0 Å². The fourth-order valence-corrected chi connectivity index (χ4v) is 2.55. The van der Waals surface area contributed by atoms with Crippen LogP contribution in [0.4, 0.5) is 5.69 Å². The monoisotopic (exact) mass is 337 g/mol. The van der Waals surface area contributed by atoms with E-state index in [1.807, 2.05) is 36.0 Å². The maximum Gasteiger partial charge on any atom is 0.290 e. The molecule has 0 aliphatic heterocycles. The van der Waals surface area contributed by atoms with Crippen molar-refractivity contribution in [2.75, 3.05) is 5.73 Å². The molecule has 0 fully saturated rings. The predicted molar refractivity (Wildman–Crippen MR) is 85.9 cm³/mol. The second-order valence-corrected chi connectivity index (χ2v) is 6.39. The van der Waals surface area contributed by atoms with Crippen LogP contribution in [0.25, 0.3) is 0 Å². The Balaban J connectivity index is 2.37. The van der Waals surface area contributed by atoms with Gasteiger partial charge in [-0.15, -0.1) is 0 Å². The molecule has 20 heavy (non-hydrogen) atoms. The Labute approximate surface area is 127 Å². The van der Waals surface area contributed by atoms with Crippen molar-refractivity contribution in [2.45, 2.75) is 26.8 Å². The van der Waals surface area contributed by atoms with Crippen LogP contribution in [-0.4, -0.2) is 9.36 Å². The topological polar surface area (TPSA) is 53.0 Å². The zero-order chi connectivity index (χ0) is 14.9. The van der Waals surface area contributed by atoms with Crippen LogP contribution in [0.1, 0.15) is 25.1 Å². The average Bonchev–Trinajstić information content (AvgIpc) is 2.58. The zero-order valence-electron chi connectivity index (χ0n) is 12.1. The van der Waals surface area contributed by atoms with Crippen molar-refractivity contribution >= 4 is 21.6 Å². The Morgan fingerprint density at radius 3 is 2.40 bits per heavy atom. The fraction of sp³-hybridized carbons (Fsp3) is 0.400. The van der Waals surface area contributed by atoms with Gasteiger partial charge < -0.3 is 5.73 Å². The Hall–Kier alpha value is -1.49. The van der Waals surface area contributed by atoms with Crippen LogP contribution in [0.15, 0.2) is 33.5 Å². The summed E-state index contributed by atoms with van der Waals surface area (Å²) in [5.41, 5.74) is 8.23. The number of nitrogens with zero attached hydrogens (tertiary/aromatic N) is 2. The van der Waals surface area contributed by atoms with E-state index in [2.05, 4.69) is 29.8 Å². The molecule has 5 heteroatoms. The number of nitrogen functional groups attached to an aromatic ring is 1. The van der Waals surface area contributed by atoms with Gasteiger partial charge in [-0.05, 0) is 30.0 Å². The van der Waals surface area contributed by atoms with Crippen LogP contribution in [-0.2, 0) is 20.0 Å². The molecule has 1 heterocycles. The van der Waals surface area contributed by atoms with Crippen LogP contribution in [0, 0.1) is 5.92 Å². The van der Waals surface area contributed by atoms with Crippen LogP contribution < -0.4 is 11.3 Å². The highest BCUT2D eigenvalue weighted by Gasteiger charge is 2.16. The van der Waals surface area contributed by atoms with E-state index in [9.17, 15) is 4.79 Å². The summed E-state index contributed by atoms with van der Waals surface area (Å²) in [6.07, 6.45) is 0.810. The van der Waals surface area contributed by atoms with Crippen LogP contribution >= 0.6 is 15.9 Å². The minimum atomic E-state index is -0.105. The maximum atomic E-state index is 12.3. The van der Waals surface area contributed by atoms with Crippen molar-refractivity contribution in [3.63, 3.8) is 0 Å². The molecule has 4 nitrogen and oxygen atoms in total. The minimum absolute atomic E-state index is 0.105. The first-order valence-corrected chi connectivity index (χ1v) is 7.48. The smallest absolute Gasteiger partial charge is 0.290 e. The number of aromatic nitrogens is 2. The van der Waals surface area contributed by atoms with Gasteiger partial charge in [0.25, 0.3) is 5.56 Å². The first-order valence-electron chi connectivity index (χ1n) is 6.68. The molecule has 0 aliphatic rings. The molecule has 2 aromatic rings. The third kappa shape index (κ3) is 2.98. The van der Waals surface area contributed by atoms with E-state index < -0.39 is 0 Å². The molecule has 108 valence electrons. The fourth-order valence-electron chi connectivity index (χ4n) is 2.29. The lowest BCUT2D eigenvalue weighted by Gasteiger charge is -2.11. The molecule has 0 saturated heterocycles. The number of rotatable bonds is 4. The molecule has 0 radical (unpaired) electrons. The standard InChI is InChI=1S/C15H20BrN3O/c1-10(2)8-13-14(17)15(20)19(18(13)3)9-11-4-6-12(16)7-5-11/h4-7,10H,8-9,17H2,1-3H3. The van der Waals surface area contributed by atoms with Gasteiger partial charge in [0.05, 0.1) is 12.2 Å². The summed E-state index contributed by atoms with van der Waals surface area (Å²) in [5, 5.41) is 0. The quantitative estimate of drug-likeness (QED) is 0.932. The lowest BCUT2D eigenvalue weighted by molar-refractivity contribution is 0.500. The number of halogens is 1. The molecule has 0 amide bonds. The van der Waals surface area contributed by atoms with Gasteiger partial charge in [0.1, 0.15) is 5.69 Å². The van der Waals surface area contributed by atoms with E-state index in [0.29, 0.717) is 18.2 Å². The summed E-state index contributed by atoms with van der Waals surface area (Å²) in [5.74, 6) is 0.464. The van der Waals surface area contributed by atoms with E-state index >= 15 is 0 Å². The van der Waals surface area contributed by atoms with Gasteiger partial charge >= 0.3 is 0 Å². The first kappa shape index (κ1) is 14.9. The molecule has 0 atom stereocenters. The van der Waals surface area contributed by atoms with Gasteiger partial charge in [-0.3, -0.25) is 9.48 Å². The highest BCUT2D eigenvalue weighted by Crippen LogP contribution is 2.15. The van der Waals surface area contributed by atoms with Gasteiger partial charge in [0.15, 0.2) is 0 Å². The molecule has 1 aromatic heterocycles. The summed E-state index contributed by atoms with van der Waals surface area (Å²) < 4.78 is 4.61. The van der Waals surface area contributed by atoms with Gasteiger partial charge in [-0.25, -0.2) is 4.68 Å². The number of benzene rings is 1. The van der Waals surface area contributed by atoms with Crippen molar-refractivity contribution in [3.05, 3.63) is 50.3 Å². The molecule has 2 rings (SSSR count). The van der Waals surface area contributed by atoms with Crippen LogP contribution in [0.5, 0.6) is 0 Å². The average molecular weight is 338 g/mol. The molecule has 1 aromatic carbocycles. The van der Waals surface area contributed by atoms with Gasteiger partial charge in [-0.1, -0.05) is 41.9 Å². The highest BCUT2D eigenvalue weighted by atomic mass is 79.9. The third-order valence-corrected chi connectivity index (χ3v) is 3.90. The summed E-state index contributed by atoms with van der Waals surface area (Å²) in [4.78, 5) is 12.3. The van der Waals surface area contributed by atoms with E-state index in [1.54, 1.807) is 4.68 Å². The predicted octanol–water partition coefficient (Wildman–Crippen LogP) is 2.78. The number of anilines is 1. The number of hydrogen-bond acceptors (Lipinski definition) is 2. The van der Waals surface area contributed by atoms with Gasteiger partial charge in [-0.2, -0.15) is 0 Å². The maximum absolute atomic E-state index is 12.3. The SMILES string of the molecule is CC(C)Cc1c(N)c(=O)n(Cc2ccc(Br)cc2)n1C. The second-order valence-electron chi connectivity index (χ2n) is 5.47. The molecule has 0 aliphatic carbocycles. The number of nitrogens with two attached hydrogens (primary N) is 1. The molecule has 0 spiro atoms. The summed E-state index contributed by atoms with van der Waals surface area (Å²) in [7, 11) is 1.90. The van der Waals surface area contributed by atoms with Crippen molar-refractivity contribution in [3.8, 4) is 0 Å². The second kappa shape index (κ2) is 5.87. The summed E-state index contributed by atoms with van der Waals surface area (Å²) >= 11 is 3.41. The van der Waals surface area contributed by atoms with E-state index in [-0.39, 0.29) is 5.56 Å². The highest BCUT2D eigenvalue weighted by molar-refractivity contribution is 9.10.